The van der Waals surface area contributed by atoms with Crippen LogP contribution >= 0.6 is 28.3 Å². The van der Waals surface area contributed by atoms with Crippen molar-refractivity contribution in [3.63, 3.8) is 0 Å². The zero-order valence-corrected chi connectivity index (χ0v) is 8.39. The van der Waals surface area contributed by atoms with Crippen LogP contribution in [0.4, 0.5) is 0 Å². The molecule has 3 nitrogen and oxygen atoms in total. The van der Waals surface area contributed by atoms with E-state index >= 15 is 0 Å². The number of nitrogens with zero attached hydrogens (tertiary/aromatic N) is 2. The minimum Gasteiger partial charge on any atom is -0.323 e. The quantitative estimate of drug-likeness (QED) is 0.810. The SMILES string of the molecule is CC(N)c1ccc(Br)nn1.Cl. The fourth-order valence-electron chi connectivity index (χ4n) is 0.569. The summed E-state index contributed by atoms with van der Waals surface area (Å²) < 4.78 is 0.733. The minimum atomic E-state index is -0.0411. The van der Waals surface area contributed by atoms with E-state index in [1.54, 1.807) is 0 Å². The molecule has 0 radical (unpaired) electrons. The molecule has 0 bridgehead atoms. The van der Waals surface area contributed by atoms with Gasteiger partial charge in [-0.05, 0) is 35.0 Å². The topological polar surface area (TPSA) is 51.8 Å². The highest BCUT2D eigenvalue weighted by Crippen LogP contribution is 2.07. The molecule has 2 N–H and O–H groups in total. The Hall–Kier alpha value is -0.190. The first kappa shape index (κ1) is 10.8. The van der Waals surface area contributed by atoms with Crippen molar-refractivity contribution in [1.29, 1.82) is 0 Å². The molecule has 1 rings (SSSR count). The fourth-order valence-corrected chi connectivity index (χ4v) is 0.781. The van der Waals surface area contributed by atoms with Crippen LogP contribution in [0.25, 0.3) is 0 Å². The fraction of sp³-hybridized carbons (Fsp3) is 0.333. The summed E-state index contributed by atoms with van der Waals surface area (Å²) in [4.78, 5) is 0. The van der Waals surface area contributed by atoms with E-state index in [0.29, 0.717) is 0 Å². The molecule has 0 fully saturated rings. The Morgan fingerprint density at radius 1 is 1.45 bits per heavy atom. The van der Waals surface area contributed by atoms with E-state index in [-0.39, 0.29) is 18.4 Å². The smallest absolute Gasteiger partial charge is 0.128 e. The van der Waals surface area contributed by atoms with Gasteiger partial charge in [0, 0.05) is 6.04 Å². The van der Waals surface area contributed by atoms with Crippen LogP contribution in [-0.4, -0.2) is 10.2 Å². The van der Waals surface area contributed by atoms with Crippen molar-refractivity contribution in [1.82, 2.24) is 10.2 Å². The van der Waals surface area contributed by atoms with Gasteiger partial charge in [-0.15, -0.1) is 17.5 Å². The van der Waals surface area contributed by atoms with E-state index in [1.807, 2.05) is 19.1 Å². The van der Waals surface area contributed by atoms with Crippen molar-refractivity contribution in [2.24, 2.45) is 5.73 Å². The van der Waals surface area contributed by atoms with Gasteiger partial charge in [0.1, 0.15) is 4.60 Å². The summed E-state index contributed by atoms with van der Waals surface area (Å²) in [5.41, 5.74) is 6.35. The lowest BCUT2D eigenvalue weighted by atomic mass is 10.2. The Labute approximate surface area is 79.9 Å². The molecule has 11 heavy (non-hydrogen) atoms. The van der Waals surface area contributed by atoms with Crippen molar-refractivity contribution in [2.45, 2.75) is 13.0 Å². The van der Waals surface area contributed by atoms with E-state index in [4.69, 9.17) is 5.73 Å². The molecule has 0 saturated carbocycles. The summed E-state index contributed by atoms with van der Waals surface area (Å²) in [6.07, 6.45) is 0. The molecular formula is C6H9BrClN3. The van der Waals surface area contributed by atoms with Gasteiger partial charge in [-0.25, -0.2) is 0 Å². The van der Waals surface area contributed by atoms with Gasteiger partial charge in [-0.2, -0.15) is 5.10 Å². The van der Waals surface area contributed by atoms with Gasteiger partial charge in [-0.3, -0.25) is 0 Å². The predicted molar refractivity (Wildman–Crippen MR) is 49.6 cm³/mol. The molecule has 0 aliphatic heterocycles. The van der Waals surface area contributed by atoms with Crippen LogP contribution < -0.4 is 5.73 Å². The Kier molecular flexibility index (Phi) is 4.56. The van der Waals surface area contributed by atoms with Crippen LogP contribution in [0.3, 0.4) is 0 Å². The number of halogens is 2. The lowest BCUT2D eigenvalue weighted by Crippen LogP contribution is -2.07. The Morgan fingerprint density at radius 3 is 2.45 bits per heavy atom. The van der Waals surface area contributed by atoms with Crippen LogP contribution in [0.15, 0.2) is 16.7 Å². The normalized spacial score (nSPS) is 11.9. The lowest BCUT2D eigenvalue weighted by Gasteiger charge is -2.00. The third-order valence-electron chi connectivity index (χ3n) is 1.12. The molecule has 0 saturated heterocycles. The highest BCUT2D eigenvalue weighted by Gasteiger charge is 1.99. The average molecular weight is 239 g/mol. The first-order chi connectivity index (χ1) is 4.70. The molecule has 1 aromatic heterocycles. The van der Waals surface area contributed by atoms with Crippen LogP contribution in [0.2, 0.25) is 0 Å². The maximum atomic E-state index is 5.55. The van der Waals surface area contributed by atoms with Crippen LogP contribution in [0, 0.1) is 0 Å². The van der Waals surface area contributed by atoms with E-state index in [1.165, 1.54) is 0 Å². The van der Waals surface area contributed by atoms with E-state index in [9.17, 15) is 0 Å². The van der Waals surface area contributed by atoms with Crippen molar-refractivity contribution < 1.29 is 0 Å². The average Bonchev–Trinajstić information content (AvgIpc) is 1.88. The molecule has 0 spiro atoms. The molecule has 0 aliphatic rings. The third kappa shape index (κ3) is 3.14. The highest BCUT2D eigenvalue weighted by atomic mass is 79.9. The minimum absolute atomic E-state index is 0. The van der Waals surface area contributed by atoms with Crippen molar-refractivity contribution in [3.05, 3.63) is 22.4 Å². The van der Waals surface area contributed by atoms with Gasteiger partial charge in [0.15, 0.2) is 0 Å². The van der Waals surface area contributed by atoms with Crippen LogP contribution in [0.1, 0.15) is 18.7 Å². The second-order valence-corrected chi connectivity index (χ2v) is 2.88. The zero-order valence-electron chi connectivity index (χ0n) is 5.99. The lowest BCUT2D eigenvalue weighted by molar-refractivity contribution is 0.748. The number of nitrogens with two attached hydrogens (primary N) is 1. The first-order valence-electron chi connectivity index (χ1n) is 2.95. The summed E-state index contributed by atoms with van der Waals surface area (Å²) in [5, 5.41) is 7.64. The summed E-state index contributed by atoms with van der Waals surface area (Å²) in [6.45, 7) is 1.87. The standard InChI is InChI=1S/C6H8BrN3.ClH/c1-4(8)5-2-3-6(7)10-9-5;/h2-4H,8H2,1H3;1H. The molecule has 0 amide bonds. The largest absolute Gasteiger partial charge is 0.323 e. The Bertz CT molecular complexity index is 212. The third-order valence-corrected chi connectivity index (χ3v) is 1.54. The van der Waals surface area contributed by atoms with Gasteiger partial charge in [0.25, 0.3) is 0 Å². The van der Waals surface area contributed by atoms with Crippen molar-refractivity contribution in [2.75, 3.05) is 0 Å². The number of aromatic nitrogens is 2. The molecule has 1 aromatic rings. The molecule has 1 heterocycles. The van der Waals surface area contributed by atoms with Gasteiger partial charge in [0.05, 0.1) is 5.69 Å². The highest BCUT2D eigenvalue weighted by molar-refractivity contribution is 9.10. The first-order valence-corrected chi connectivity index (χ1v) is 3.74. The van der Waals surface area contributed by atoms with Gasteiger partial charge in [0.2, 0.25) is 0 Å². The molecule has 1 atom stereocenters. The summed E-state index contributed by atoms with van der Waals surface area (Å²) in [5.74, 6) is 0. The Balaban J connectivity index is 0.000001000. The monoisotopic (exact) mass is 237 g/mol. The maximum absolute atomic E-state index is 5.55. The van der Waals surface area contributed by atoms with Crippen molar-refractivity contribution >= 4 is 28.3 Å². The predicted octanol–water partition coefficient (Wildman–Crippen LogP) is 1.68. The number of rotatable bonds is 1. The van der Waals surface area contributed by atoms with Crippen LogP contribution in [0.5, 0.6) is 0 Å². The second kappa shape index (κ2) is 4.64. The second-order valence-electron chi connectivity index (χ2n) is 2.07. The van der Waals surface area contributed by atoms with Gasteiger partial charge >= 0.3 is 0 Å². The van der Waals surface area contributed by atoms with E-state index < -0.39 is 0 Å². The Morgan fingerprint density at radius 2 is 2.09 bits per heavy atom. The number of hydrogen-bond acceptors (Lipinski definition) is 3. The summed E-state index contributed by atoms with van der Waals surface area (Å²) >= 11 is 3.18. The van der Waals surface area contributed by atoms with E-state index in [2.05, 4.69) is 26.1 Å². The molecule has 1 unspecified atom stereocenters. The van der Waals surface area contributed by atoms with Gasteiger partial charge in [-0.1, -0.05) is 0 Å². The maximum Gasteiger partial charge on any atom is 0.128 e. The van der Waals surface area contributed by atoms with Crippen molar-refractivity contribution in [3.8, 4) is 0 Å². The zero-order chi connectivity index (χ0) is 7.56. The summed E-state index contributed by atoms with van der Waals surface area (Å²) in [6, 6.07) is 3.63. The number of hydrogen-bond donors (Lipinski definition) is 1. The molecule has 62 valence electrons. The molecular weight excluding hydrogens is 229 g/mol. The van der Waals surface area contributed by atoms with Gasteiger partial charge < -0.3 is 5.73 Å². The van der Waals surface area contributed by atoms with E-state index in [0.717, 1.165) is 10.3 Å². The summed E-state index contributed by atoms with van der Waals surface area (Å²) in [7, 11) is 0. The molecule has 0 aromatic carbocycles. The molecule has 0 aliphatic carbocycles. The van der Waals surface area contributed by atoms with Crippen LogP contribution in [-0.2, 0) is 0 Å². The molecule has 5 heteroatoms.